The van der Waals surface area contributed by atoms with E-state index in [2.05, 4.69) is 10.6 Å². The van der Waals surface area contributed by atoms with Gasteiger partial charge >= 0.3 is 6.03 Å². The highest BCUT2D eigenvalue weighted by Crippen LogP contribution is 2.36. The van der Waals surface area contributed by atoms with Gasteiger partial charge in [-0.05, 0) is 61.7 Å². The average Bonchev–Trinajstić information content (AvgIpc) is 3.49. The maximum absolute atomic E-state index is 13.2. The summed E-state index contributed by atoms with van der Waals surface area (Å²) in [6.45, 7) is 2.87. The molecule has 2 aromatic rings. The van der Waals surface area contributed by atoms with E-state index in [1.807, 2.05) is 0 Å². The van der Waals surface area contributed by atoms with Crippen LogP contribution in [-0.4, -0.2) is 68.3 Å². The molecule has 3 aliphatic heterocycles. The van der Waals surface area contributed by atoms with E-state index in [0.29, 0.717) is 49.1 Å². The van der Waals surface area contributed by atoms with Crippen molar-refractivity contribution >= 4 is 33.6 Å². The Bertz CT molecular complexity index is 1320. The molecule has 2 N–H and O–H groups in total. The molecule has 3 aliphatic rings. The van der Waals surface area contributed by atoms with Crippen LogP contribution >= 0.6 is 0 Å². The smallest absolute Gasteiger partial charge is 0.325 e. The highest BCUT2D eigenvalue weighted by Gasteiger charge is 2.49. The fourth-order valence-electron chi connectivity index (χ4n) is 4.52. The quantitative estimate of drug-likeness (QED) is 0.560. The van der Waals surface area contributed by atoms with Gasteiger partial charge in [0.15, 0.2) is 11.5 Å². The van der Waals surface area contributed by atoms with Gasteiger partial charge in [0.25, 0.3) is 5.91 Å². The molecule has 3 heterocycles. The van der Waals surface area contributed by atoms with E-state index in [1.165, 1.54) is 28.6 Å². The lowest BCUT2D eigenvalue weighted by atomic mass is 9.91. The number of carbonyl (C=O) groups excluding carboxylic acids is 3. The number of nitrogens with zero attached hydrogens (tertiary/aromatic N) is 2. The Labute approximate surface area is 208 Å². The Morgan fingerprint density at radius 1 is 1.03 bits per heavy atom. The third-order valence-corrected chi connectivity index (χ3v) is 8.45. The van der Waals surface area contributed by atoms with E-state index in [4.69, 9.17) is 9.47 Å². The largest absolute Gasteiger partial charge is 0.486 e. The van der Waals surface area contributed by atoms with Crippen LogP contribution < -0.4 is 20.1 Å². The van der Waals surface area contributed by atoms with Crippen molar-refractivity contribution in [1.82, 2.24) is 14.5 Å². The number of hydrogen-bond acceptors (Lipinski definition) is 7. The lowest BCUT2D eigenvalue weighted by molar-refractivity contribution is -0.133. The summed E-state index contributed by atoms with van der Waals surface area (Å²) in [6, 6.07) is 10.1. The number of nitrogens with one attached hydrogen (secondary N) is 2. The number of hydrogen-bond donors (Lipinski definition) is 2. The van der Waals surface area contributed by atoms with E-state index in [1.54, 1.807) is 25.1 Å². The van der Waals surface area contributed by atoms with Gasteiger partial charge in [0.2, 0.25) is 15.9 Å². The van der Waals surface area contributed by atoms with Gasteiger partial charge in [0, 0.05) is 18.8 Å². The lowest BCUT2D eigenvalue weighted by Crippen LogP contribution is -2.42. The van der Waals surface area contributed by atoms with Crippen LogP contribution in [0.2, 0.25) is 0 Å². The lowest BCUT2D eigenvalue weighted by Gasteiger charge is -2.25. The van der Waals surface area contributed by atoms with Crippen LogP contribution in [0.15, 0.2) is 47.4 Å². The van der Waals surface area contributed by atoms with Gasteiger partial charge < -0.3 is 20.1 Å². The molecule has 4 amide bonds. The predicted molar refractivity (Wildman–Crippen MR) is 128 cm³/mol. The van der Waals surface area contributed by atoms with Crippen LogP contribution in [-0.2, 0) is 25.2 Å². The van der Waals surface area contributed by atoms with Crippen molar-refractivity contribution in [3.8, 4) is 11.5 Å². The minimum absolute atomic E-state index is 0.145. The maximum Gasteiger partial charge on any atom is 0.325 e. The topological polar surface area (TPSA) is 134 Å². The van der Waals surface area contributed by atoms with Gasteiger partial charge in [0.1, 0.15) is 25.3 Å². The number of carbonyl (C=O) groups is 3. The van der Waals surface area contributed by atoms with Gasteiger partial charge in [-0.15, -0.1) is 0 Å². The molecular formula is C24H26N4O7S. The number of rotatable bonds is 6. The normalized spacial score (nSPS) is 22.0. The fraction of sp³-hybridized carbons (Fsp3) is 0.375. The van der Waals surface area contributed by atoms with Crippen molar-refractivity contribution in [2.24, 2.45) is 0 Å². The van der Waals surface area contributed by atoms with Crippen molar-refractivity contribution in [3.63, 3.8) is 0 Å². The molecule has 0 radical (unpaired) electrons. The van der Waals surface area contributed by atoms with Gasteiger partial charge in [-0.3, -0.25) is 14.5 Å². The number of anilines is 1. The van der Waals surface area contributed by atoms with E-state index < -0.39 is 40.0 Å². The van der Waals surface area contributed by atoms with Crippen molar-refractivity contribution < 1.29 is 32.3 Å². The Morgan fingerprint density at radius 2 is 1.69 bits per heavy atom. The zero-order chi connectivity index (χ0) is 25.5. The van der Waals surface area contributed by atoms with Gasteiger partial charge in [0.05, 0.1) is 4.90 Å². The minimum atomic E-state index is -3.56. The van der Waals surface area contributed by atoms with Gasteiger partial charge in [-0.1, -0.05) is 6.07 Å². The first kappa shape index (κ1) is 24.1. The minimum Gasteiger partial charge on any atom is -0.486 e. The Kier molecular flexibility index (Phi) is 6.08. The van der Waals surface area contributed by atoms with Crippen molar-refractivity contribution in [2.45, 2.75) is 30.2 Å². The molecule has 2 aromatic carbocycles. The fourth-order valence-corrected chi connectivity index (χ4v) is 6.04. The molecule has 2 fully saturated rings. The number of amides is 4. The summed E-state index contributed by atoms with van der Waals surface area (Å²) < 4.78 is 37.9. The zero-order valence-corrected chi connectivity index (χ0v) is 20.5. The summed E-state index contributed by atoms with van der Waals surface area (Å²) in [6.07, 6.45) is 1.67. The Balaban J connectivity index is 1.25. The first-order chi connectivity index (χ1) is 17.2. The third-order valence-electron chi connectivity index (χ3n) is 6.54. The van der Waals surface area contributed by atoms with Crippen LogP contribution in [0, 0.1) is 0 Å². The predicted octanol–water partition coefficient (Wildman–Crippen LogP) is 1.65. The van der Waals surface area contributed by atoms with Gasteiger partial charge in [-0.25, -0.2) is 13.2 Å². The maximum atomic E-state index is 13.2. The van der Waals surface area contributed by atoms with E-state index >= 15 is 0 Å². The SMILES string of the molecule is CC1(c2ccc3c(c2)OCCO3)NC(=O)N(CC(=O)Nc2ccc(S(=O)(=O)N3CCCC3)cc2)C1=O. The summed E-state index contributed by atoms with van der Waals surface area (Å²) in [5.41, 5.74) is -0.525. The molecule has 1 unspecified atom stereocenters. The molecule has 190 valence electrons. The van der Waals surface area contributed by atoms with Crippen molar-refractivity contribution in [1.29, 1.82) is 0 Å². The zero-order valence-electron chi connectivity index (χ0n) is 19.7. The van der Waals surface area contributed by atoms with E-state index in [9.17, 15) is 22.8 Å². The second kappa shape index (κ2) is 9.10. The molecule has 11 nitrogen and oxygen atoms in total. The molecule has 1 atom stereocenters. The molecule has 0 aromatic heterocycles. The standard InChI is InChI=1S/C24H26N4O7S/c1-24(16-4-9-19-20(14-16)35-13-12-34-19)22(30)28(23(31)26-24)15-21(29)25-17-5-7-18(8-6-17)36(32,33)27-10-2-3-11-27/h4-9,14H,2-3,10-13,15H2,1H3,(H,25,29)(H,26,31). The van der Waals surface area contributed by atoms with Crippen molar-refractivity contribution in [3.05, 3.63) is 48.0 Å². The highest BCUT2D eigenvalue weighted by atomic mass is 32.2. The molecule has 36 heavy (non-hydrogen) atoms. The van der Waals surface area contributed by atoms with E-state index in [0.717, 1.165) is 17.7 Å². The van der Waals surface area contributed by atoms with Crippen LogP contribution in [0.4, 0.5) is 10.5 Å². The van der Waals surface area contributed by atoms with Crippen LogP contribution in [0.25, 0.3) is 0 Å². The average molecular weight is 515 g/mol. The molecule has 5 rings (SSSR count). The van der Waals surface area contributed by atoms with Crippen LogP contribution in [0.1, 0.15) is 25.3 Å². The second-order valence-electron chi connectivity index (χ2n) is 8.99. The monoisotopic (exact) mass is 514 g/mol. The molecule has 2 saturated heterocycles. The van der Waals surface area contributed by atoms with E-state index in [-0.39, 0.29) is 4.90 Å². The molecule has 0 spiro atoms. The van der Waals surface area contributed by atoms with Crippen LogP contribution in [0.3, 0.4) is 0 Å². The summed E-state index contributed by atoms with van der Waals surface area (Å²) in [5, 5.41) is 5.27. The Hall–Kier alpha value is -3.64. The number of ether oxygens (including phenoxy) is 2. The molecule has 0 bridgehead atoms. The molecule has 0 aliphatic carbocycles. The summed E-state index contributed by atoms with van der Waals surface area (Å²) in [4.78, 5) is 39.4. The molecule has 12 heteroatoms. The molecule has 0 saturated carbocycles. The number of benzene rings is 2. The van der Waals surface area contributed by atoms with Gasteiger partial charge in [-0.2, -0.15) is 4.31 Å². The Morgan fingerprint density at radius 3 is 2.39 bits per heavy atom. The number of fused-ring (bicyclic) bond motifs is 1. The highest BCUT2D eigenvalue weighted by molar-refractivity contribution is 7.89. The number of imide groups is 1. The summed E-state index contributed by atoms with van der Waals surface area (Å²) in [5.74, 6) is -0.138. The third kappa shape index (κ3) is 4.26. The van der Waals surface area contributed by atoms with Crippen molar-refractivity contribution in [2.75, 3.05) is 38.2 Å². The summed E-state index contributed by atoms with van der Waals surface area (Å²) in [7, 11) is -3.56. The summed E-state index contributed by atoms with van der Waals surface area (Å²) >= 11 is 0. The van der Waals surface area contributed by atoms with Crippen LogP contribution in [0.5, 0.6) is 11.5 Å². The second-order valence-corrected chi connectivity index (χ2v) is 10.9. The number of urea groups is 1. The first-order valence-corrected chi connectivity index (χ1v) is 13.1. The number of sulfonamides is 1. The molecular weight excluding hydrogens is 488 g/mol. The first-order valence-electron chi connectivity index (χ1n) is 11.6.